The van der Waals surface area contributed by atoms with Gasteiger partial charge in [-0.3, -0.25) is 13.8 Å². The number of aliphatic hydroxyl groups excluding tert-OH is 1. The van der Waals surface area contributed by atoms with Crippen LogP contribution in [0, 0.1) is 0 Å². The van der Waals surface area contributed by atoms with Crippen molar-refractivity contribution in [1.29, 1.82) is 0 Å². The molecule has 0 fully saturated rings. The largest absolute Gasteiger partial charge is 0.472 e. The van der Waals surface area contributed by atoms with E-state index in [1.165, 1.54) is 161 Å². The fourth-order valence-electron chi connectivity index (χ4n) is 6.98. The SMILES string of the molecule is CCCCCCCC/C=C/CCCCCCCCCCCC(=O)N[C@@H](COP(=O)(O)OCC[N+](C)(C)C)[C@H](O)CCCCCCCCCCCCCCCC. The highest BCUT2D eigenvalue weighted by molar-refractivity contribution is 7.47. The third-order valence-corrected chi connectivity index (χ3v) is 11.7. The first-order valence-electron chi connectivity index (χ1n) is 23.6. The van der Waals surface area contributed by atoms with E-state index in [0.29, 0.717) is 23.9 Å². The highest BCUT2D eigenvalue weighted by Crippen LogP contribution is 2.43. The van der Waals surface area contributed by atoms with Gasteiger partial charge in [0.2, 0.25) is 5.91 Å². The number of phosphoric ester groups is 1. The zero-order valence-electron chi connectivity index (χ0n) is 37.2. The van der Waals surface area contributed by atoms with E-state index in [1.54, 1.807) is 0 Å². The van der Waals surface area contributed by atoms with Crippen LogP contribution in [-0.4, -0.2) is 73.4 Å². The van der Waals surface area contributed by atoms with Crippen LogP contribution in [0.25, 0.3) is 0 Å². The predicted octanol–water partition coefficient (Wildman–Crippen LogP) is 13.1. The molecule has 0 aliphatic heterocycles. The van der Waals surface area contributed by atoms with Crippen LogP contribution in [0.4, 0.5) is 0 Å². The number of likely N-dealkylation sites (N-methyl/N-ethyl adjacent to an activating group) is 1. The first-order valence-corrected chi connectivity index (χ1v) is 25.0. The molecule has 0 heterocycles. The van der Waals surface area contributed by atoms with Crippen LogP contribution in [-0.2, 0) is 18.4 Å². The molecule has 9 heteroatoms. The average molecular weight is 802 g/mol. The van der Waals surface area contributed by atoms with Gasteiger partial charge in [-0.15, -0.1) is 0 Å². The molecule has 0 saturated heterocycles. The number of nitrogens with one attached hydrogen (secondary N) is 1. The summed E-state index contributed by atoms with van der Waals surface area (Å²) in [4.78, 5) is 23.2. The lowest BCUT2D eigenvalue weighted by molar-refractivity contribution is -0.870. The number of aliphatic hydroxyl groups is 1. The maximum Gasteiger partial charge on any atom is 0.472 e. The lowest BCUT2D eigenvalue weighted by Crippen LogP contribution is -2.46. The third kappa shape index (κ3) is 41.2. The molecular weight excluding hydrogens is 707 g/mol. The number of unbranched alkanes of at least 4 members (excludes halogenated alkanes) is 28. The van der Waals surface area contributed by atoms with Gasteiger partial charge in [0.15, 0.2) is 0 Å². The summed E-state index contributed by atoms with van der Waals surface area (Å²) in [6, 6.07) is -0.757. The van der Waals surface area contributed by atoms with Gasteiger partial charge >= 0.3 is 7.82 Å². The van der Waals surface area contributed by atoms with E-state index in [0.717, 1.165) is 38.5 Å². The summed E-state index contributed by atoms with van der Waals surface area (Å²) in [5.41, 5.74) is 0. The monoisotopic (exact) mass is 802 g/mol. The number of phosphoric acid groups is 1. The molecule has 3 N–H and O–H groups in total. The van der Waals surface area contributed by atoms with Crippen molar-refractivity contribution in [3.8, 4) is 0 Å². The Morgan fingerprint density at radius 2 is 0.982 bits per heavy atom. The molecule has 1 unspecified atom stereocenters. The molecule has 0 aromatic heterocycles. The van der Waals surface area contributed by atoms with Crippen molar-refractivity contribution in [3.63, 3.8) is 0 Å². The van der Waals surface area contributed by atoms with Crippen molar-refractivity contribution in [2.24, 2.45) is 0 Å². The van der Waals surface area contributed by atoms with Gasteiger partial charge in [0.1, 0.15) is 13.2 Å². The number of hydrogen-bond donors (Lipinski definition) is 3. The summed E-state index contributed by atoms with van der Waals surface area (Å²) in [6.07, 6.45) is 43.7. The molecule has 3 atom stereocenters. The molecule has 0 aromatic rings. The van der Waals surface area contributed by atoms with E-state index in [2.05, 4.69) is 31.3 Å². The highest BCUT2D eigenvalue weighted by atomic mass is 31.2. The Hall–Kier alpha value is -0.760. The van der Waals surface area contributed by atoms with Crippen LogP contribution in [0.15, 0.2) is 12.2 Å². The van der Waals surface area contributed by atoms with Crippen LogP contribution in [0.5, 0.6) is 0 Å². The van der Waals surface area contributed by atoms with Gasteiger partial charge in [-0.1, -0.05) is 193 Å². The quantitative estimate of drug-likeness (QED) is 0.0245. The van der Waals surface area contributed by atoms with Gasteiger partial charge in [-0.2, -0.15) is 0 Å². The van der Waals surface area contributed by atoms with E-state index in [-0.39, 0.29) is 19.1 Å². The minimum atomic E-state index is -4.31. The molecule has 0 bridgehead atoms. The Morgan fingerprint density at radius 1 is 0.600 bits per heavy atom. The second-order valence-corrected chi connectivity index (χ2v) is 18.9. The summed E-state index contributed by atoms with van der Waals surface area (Å²) in [5, 5.41) is 14.0. The van der Waals surface area contributed by atoms with Crippen LogP contribution in [0.2, 0.25) is 0 Å². The molecule has 55 heavy (non-hydrogen) atoms. The van der Waals surface area contributed by atoms with Gasteiger partial charge in [0.05, 0.1) is 39.9 Å². The number of hydrogen-bond acceptors (Lipinski definition) is 5. The summed E-state index contributed by atoms with van der Waals surface area (Å²) in [7, 11) is 1.62. The molecule has 328 valence electrons. The summed E-state index contributed by atoms with van der Waals surface area (Å²) < 4.78 is 23.6. The van der Waals surface area contributed by atoms with Crippen LogP contribution in [0.1, 0.15) is 226 Å². The van der Waals surface area contributed by atoms with Crippen molar-refractivity contribution >= 4 is 13.7 Å². The second-order valence-electron chi connectivity index (χ2n) is 17.5. The third-order valence-electron chi connectivity index (χ3n) is 10.8. The van der Waals surface area contributed by atoms with E-state index in [1.807, 2.05) is 21.1 Å². The van der Waals surface area contributed by atoms with Crippen LogP contribution >= 0.6 is 7.82 Å². The van der Waals surface area contributed by atoms with E-state index in [4.69, 9.17) is 9.05 Å². The number of nitrogens with zero attached hydrogens (tertiary/aromatic N) is 1. The molecule has 0 aliphatic carbocycles. The number of carbonyl (C=O) groups is 1. The van der Waals surface area contributed by atoms with Crippen molar-refractivity contribution < 1.29 is 32.9 Å². The standard InChI is InChI=1S/C46H93N2O6P/c1-6-8-10-12-14-16-18-20-22-23-24-25-26-28-30-32-34-36-38-40-46(50)47-44(43-54-55(51,52)53-42-41-48(3,4)5)45(49)39-37-35-33-31-29-27-21-19-17-15-13-11-9-7-2/h20,22,44-45,49H,6-19,21,23-43H2,1-5H3,(H-,47,50,51,52)/p+1/b22-20+/t44-,45+/m0/s1. The lowest BCUT2D eigenvalue weighted by Gasteiger charge is -2.26. The molecule has 0 aliphatic rings. The smallest absolute Gasteiger partial charge is 0.391 e. The number of quaternary nitrogens is 1. The first-order chi connectivity index (χ1) is 26.5. The normalized spacial score (nSPS) is 14.4. The number of amides is 1. The van der Waals surface area contributed by atoms with Crippen molar-refractivity contribution in [3.05, 3.63) is 12.2 Å². The minimum absolute atomic E-state index is 0.0763. The topological polar surface area (TPSA) is 105 Å². The van der Waals surface area contributed by atoms with E-state index in [9.17, 15) is 19.4 Å². The lowest BCUT2D eigenvalue weighted by atomic mass is 10.0. The second kappa shape index (κ2) is 38.7. The summed E-state index contributed by atoms with van der Waals surface area (Å²) in [6.45, 7) is 4.90. The zero-order valence-corrected chi connectivity index (χ0v) is 38.1. The predicted molar refractivity (Wildman–Crippen MR) is 235 cm³/mol. The molecule has 0 aromatic carbocycles. The molecule has 1 amide bonds. The first kappa shape index (κ1) is 54.2. The molecule has 0 spiro atoms. The van der Waals surface area contributed by atoms with E-state index < -0.39 is 20.0 Å². The van der Waals surface area contributed by atoms with Crippen LogP contribution < -0.4 is 5.32 Å². The summed E-state index contributed by atoms with van der Waals surface area (Å²) in [5.74, 6) is -0.145. The minimum Gasteiger partial charge on any atom is -0.391 e. The van der Waals surface area contributed by atoms with Gasteiger partial charge in [0, 0.05) is 6.42 Å². The average Bonchev–Trinajstić information content (AvgIpc) is 3.13. The fraction of sp³-hybridized carbons (Fsp3) is 0.935. The van der Waals surface area contributed by atoms with Crippen LogP contribution in [0.3, 0.4) is 0 Å². The van der Waals surface area contributed by atoms with Gasteiger partial charge in [-0.25, -0.2) is 4.57 Å². The molecule has 0 rings (SSSR count). The highest BCUT2D eigenvalue weighted by Gasteiger charge is 2.28. The Balaban J connectivity index is 4.29. The van der Waals surface area contributed by atoms with E-state index >= 15 is 0 Å². The van der Waals surface area contributed by atoms with Gasteiger partial charge in [-0.05, 0) is 38.5 Å². The Morgan fingerprint density at radius 3 is 1.40 bits per heavy atom. The van der Waals surface area contributed by atoms with Crippen molar-refractivity contribution in [2.75, 3.05) is 40.9 Å². The maximum atomic E-state index is 12.9. The van der Waals surface area contributed by atoms with Gasteiger partial charge in [0.25, 0.3) is 0 Å². The Labute approximate surface area is 342 Å². The molecule has 8 nitrogen and oxygen atoms in total. The molecule has 0 radical (unpaired) electrons. The Kier molecular flexibility index (Phi) is 38.2. The van der Waals surface area contributed by atoms with Crippen molar-refractivity contribution in [1.82, 2.24) is 5.32 Å². The molecule has 0 saturated carbocycles. The van der Waals surface area contributed by atoms with Gasteiger partial charge < -0.3 is 19.8 Å². The zero-order chi connectivity index (χ0) is 40.7. The fourth-order valence-corrected chi connectivity index (χ4v) is 7.72. The number of allylic oxidation sites excluding steroid dienone is 2. The Bertz CT molecular complexity index is 911. The number of carbonyl (C=O) groups excluding carboxylic acids is 1. The van der Waals surface area contributed by atoms with Crippen molar-refractivity contribution in [2.45, 2.75) is 238 Å². The summed E-state index contributed by atoms with van der Waals surface area (Å²) >= 11 is 0. The maximum absolute atomic E-state index is 12.9. The number of rotatable bonds is 43. The molecular formula is C46H94N2O6P+.